The molecule has 0 bridgehead atoms. The predicted molar refractivity (Wildman–Crippen MR) is 131 cm³/mol. The molecule has 0 aliphatic heterocycles. The van der Waals surface area contributed by atoms with Gasteiger partial charge < -0.3 is 20.5 Å². The number of amides is 2. The smallest absolute Gasteiger partial charge is 0.407 e. The number of ether oxygens (including phenoxy) is 1. The van der Waals surface area contributed by atoms with Crippen LogP contribution in [0.4, 0.5) is 4.79 Å². The lowest BCUT2D eigenvalue weighted by Crippen LogP contribution is -2.33. The SMILES string of the molecule is CC(CNC(=O)OCC1c2ccccc2-c2ccccc21)CC(=O)NCCCCCCC(=O)O. The molecule has 3 rings (SSSR count). The Balaban J connectivity index is 1.32. The monoisotopic (exact) mass is 466 g/mol. The number of carboxylic acids is 1. The van der Waals surface area contributed by atoms with Gasteiger partial charge >= 0.3 is 12.1 Å². The van der Waals surface area contributed by atoms with Crippen LogP contribution in [0.25, 0.3) is 11.1 Å². The zero-order valence-corrected chi connectivity index (χ0v) is 19.7. The van der Waals surface area contributed by atoms with Crippen molar-refractivity contribution in [3.05, 3.63) is 59.7 Å². The first kappa shape index (κ1) is 25.3. The molecule has 1 atom stereocenters. The summed E-state index contributed by atoms with van der Waals surface area (Å²) in [6, 6.07) is 16.4. The van der Waals surface area contributed by atoms with Gasteiger partial charge in [0, 0.05) is 31.8 Å². The second-order valence-electron chi connectivity index (χ2n) is 8.92. The molecule has 0 fully saturated rings. The molecule has 0 spiro atoms. The maximum absolute atomic E-state index is 12.3. The zero-order valence-electron chi connectivity index (χ0n) is 19.7. The minimum absolute atomic E-state index is 0.0175. The Kier molecular flexibility index (Phi) is 9.50. The Hall–Kier alpha value is -3.35. The van der Waals surface area contributed by atoms with Gasteiger partial charge in [-0.2, -0.15) is 0 Å². The van der Waals surface area contributed by atoms with E-state index in [1.807, 2.05) is 31.2 Å². The average Bonchev–Trinajstić information content (AvgIpc) is 3.14. The van der Waals surface area contributed by atoms with E-state index in [2.05, 4.69) is 34.9 Å². The van der Waals surface area contributed by atoms with Gasteiger partial charge in [0.15, 0.2) is 0 Å². The molecule has 1 unspecified atom stereocenters. The molecule has 1 aliphatic carbocycles. The van der Waals surface area contributed by atoms with Crippen LogP contribution < -0.4 is 10.6 Å². The average molecular weight is 467 g/mol. The highest BCUT2D eigenvalue weighted by Crippen LogP contribution is 2.44. The van der Waals surface area contributed by atoms with E-state index in [9.17, 15) is 14.4 Å². The summed E-state index contributed by atoms with van der Waals surface area (Å²) >= 11 is 0. The first-order chi connectivity index (χ1) is 16.5. The number of hydrogen-bond acceptors (Lipinski definition) is 4. The Morgan fingerprint density at radius 1 is 0.912 bits per heavy atom. The molecule has 0 saturated carbocycles. The maximum Gasteiger partial charge on any atom is 0.407 e. The maximum atomic E-state index is 12.3. The molecule has 0 radical (unpaired) electrons. The summed E-state index contributed by atoms with van der Waals surface area (Å²) in [6.45, 7) is 3.12. The van der Waals surface area contributed by atoms with Crippen LogP contribution >= 0.6 is 0 Å². The molecule has 0 aromatic heterocycles. The molecule has 3 N–H and O–H groups in total. The van der Waals surface area contributed by atoms with Crippen LogP contribution in [0.2, 0.25) is 0 Å². The van der Waals surface area contributed by atoms with Crippen LogP contribution in [0.3, 0.4) is 0 Å². The highest BCUT2D eigenvalue weighted by molar-refractivity contribution is 5.79. The van der Waals surface area contributed by atoms with Crippen molar-refractivity contribution < 1.29 is 24.2 Å². The number of alkyl carbamates (subject to hydrolysis) is 1. The summed E-state index contributed by atoms with van der Waals surface area (Å²) < 4.78 is 5.53. The van der Waals surface area contributed by atoms with Crippen molar-refractivity contribution >= 4 is 18.0 Å². The molecule has 2 aromatic carbocycles. The first-order valence-electron chi connectivity index (χ1n) is 12.0. The molecule has 34 heavy (non-hydrogen) atoms. The number of benzene rings is 2. The third-order valence-corrected chi connectivity index (χ3v) is 6.11. The molecule has 2 amide bonds. The van der Waals surface area contributed by atoms with Crippen molar-refractivity contribution in [1.29, 1.82) is 0 Å². The fraction of sp³-hybridized carbons (Fsp3) is 0.444. The van der Waals surface area contributed by atoms with Gasteiger partial charge in [-0.25, -0.2) is 4.79 Å². The summed E-state index contributed by atoms with van der Waals surface area (Å²) in [6.07, 6.45) is 3.29. The van der Waals surface area contributed by atoms with Crippen LogP contribution in [-0.4, -0.2) is 42.8 Å². The Labute approximate surface area is 200 Å². The molecule has 2 aromatic rings. The quantitative estimate of drug-likeness (QED) is 0.371. The minimum Gasteiger partial charge on any atom is -0.481 e. The highest BCUT2D eigenvalue weighted by atomic mass is 16.5. The van der Waals surface area contributed by atoms with Gasteiger partial charge in [-0.15, -0.1) is 0 Å². The molecule has 0 heterocycles. The summed E-state index contributed by atoms with van der Waals surface area (Å²) in [4.78, 5) is 34.8. The van der Waals surface area contributed by atoms with Gasteiger partial charge in [-0.1, -0.05) is 68.3 Å². The number of carboxylic acid groups (broad SMARTS) is 1. The van der Waals surface area contributed by atoms with Gasteiger partial charge in [0.1, 0.15) is 6.61 Å². The predicted octanol–water partition coefficient (Wildman–Crippen LogP) is 4.70. The summed E-state index contributed by atoms with van der Waals surface area (Å²) in [5, 5.41) is 14.3. The van der Waals surface area contributed by atoms with Gasteiger partial charge in [0.25, 0.3) is 0 Å². The van der Waals surface area contributed by atoms with Gasteiger partial charge in [-0.3, -0.25) is 9.59 Å². The third kappa shape index (κ3) is 7.33. The fourth-order valence-corrected chi connectivity index (χ4v) is 4.35. The minimum atomic E-state index is -0.769. The van der Waals surface area contributed by atoms with Gasteiger partial charge in [0.2, 0.25) is 5.91 Å². The zero-order chi connectivity index (χ0) is 24.3. The Morgan fingerprint density at radius 3 is 2.18 bits per heavy atom. The molecule has 0 saturated heterocycles. The van der Waals surface area contributed by atoms with Crippen molar-refractivity contribution in [3.8, 4) is 11.1 Å². The van der Waals surface area contributed by atoms with Crippen LogP contribution in [0, 0.1) is 5.92 Å². The lowest BCUT2D eigenvalue weighted by atomic mass is 9.98. The van der Waals surface area contributed by atoms with E-state index in [0.29, 0.717) is 25.9 Å². The Bertz CT molecular complexity index is 945. The second-order valence-corrected chi connectivity index (χ2v) is 8.92. The van der Waals surface area contributed by atoms with Crippen molar-refractivity contribution in [2.24, 2.45) is 5.92 Å². The van der Waals surface area contributed by atoms with Crippen LogP contribution in [0.5, 0.6) is 0 Å². The standard InChI is InChI=1S/C27H34N2O5/c1-19(16-25(30)28-15-9-3-2-4-14-26(31)32)17-29-27(33)34-18-24-22-12-7-5-10-20(22)21-11-6-8-13-23(21)24/h5-8,10-13,19,24H,2-4,9,14-18H2,1H3,(H,28,30)(H,29,33)(H,31,32). The highest BCUT2D eigenvalue weighted by Gasteiger charge is 2.29. The van der Waals surface area contributed by atoms with Gasteiger partial charge in [-0.05, 0) is 41.0 Å². The number of unbranched alkanes of at least 4 members (excludes halogenated alkanes) is 3. The number of carbonyl (C=O) groups excluding carboxylic acids is 2. The largest absolute Gasteiger partial charge is 0.481 e. The number of nitrogens with one attached hydrogen (secondary N) is 2. The van der Waals surface area contributed by atoms with E-state index >= 15 is 0 Å². The Morgan fingerprint density at radius 2 is 1.53 bits per heavy atom. The second kappa shape index (κ2) is 12.8. The van der Waals surface area contributed by atoms with Crippen LogP contribution in [0.15, 0.2) is 48.5 Å². The fourth-order valence-electron chi connectivity index (χ4n) is 4.35. The normalized spacial score (nSPS) is 13.0. The van der Waals surface area contributed by atoms with E-state index in [1.165, 1.54) is 22.3 Å². The number of hydrogen-bond donors (Lipinski definition) is 3. The number of carbonyl (C=O) groups is 3. The summed E-state index contributed by atoms with van der Waals surface area (Å²) in [5.74, 6) is -0.817. The lowest BCUT2D eigenvalue weighted by Gasteiger charge is -2.16. The molecule has 7 heteroatoms. The summed E-state index contributed by atoms with van der Waals surface area (Å²) in [5.41, 5.74) is 4.71. The van der Waals surface area contributed by atoms with Crippen molar-refractivity contribution in [1.82, 2.24) is 10.6 Å². The van der Waals surface area contributed by atoms with E-state index < -0.39 is 12.1 Å². The van der Waals surface area contributed by atoms with Crippen molar-refractivity contribution in [3.63, 3.8) is 0 Å². The van der Waals surface area contributed by atoms with E-state index in [-0.39, 0.29) is 30.8 Å². The molecule has 7 nitrogen and oxygen atoms in total. The van der Waals surface area contributed by atoms with E-state index in [4.69, 9.17) is 9.84 Å². The number of fused-ring (bicyclic) bond motifs is 3. The number of aliphatic carboxylic acids is 1. The van der Waals surface area contributed by atoms with Crippen LogP contribution in [-0.2, 0) is 14.3 Å². The topological polar surface area (TPSA) is 105 Å². The number of rotatable bonds is 13. The summed E-state index contributed by atoms with van der Waals surface area (Å²) in [7, 11) is 0. The first-order valence-corrected chi connectivity index (χ1v) is 12.0. The van der Waals surface area contributed by atoms with Crippen molar-refractivity contribution in [2.75, 3.05) is 19.7 Å². The van der Waals surface area contributed by atoms with Gasteiger partial charge in [0.05, 0.1) is 0 Å². The van der Waals surface area contributed by atoms with E-state index in [0.717, 1.165) is 19.3 Å². The molecule has 1 aliphatic rings. The van der Waals surface area contributed by atoms with E-state index in [1.54, 1.807) is 0 Å². The molecular formula is C27H34N2O5. The molecule has 182 valence electrons. The third-order valence-electron chi connectivity index (χ3n) is 6.11. The molecular weight excluding hydrogens is 432 g/mol. The lowest BCUT2D eigenvalue weighted by molar-refractivity contribution is -0.137. The van der Waals surface area contributed by atoms with Crippen molar-refractivity contribution in [2.45, 2.75) is 51.4 Å². The van der Waals surface area contributed by atoms with Crippen LogP contribution in [0.1, 0.15) is 62.5 Å².